The Balaban J connectivity index is 2.01. The van der Waals surface area contributed by atoms with Gasteiger partial charge < -0.3 is 4.79 Å². The highest BCUT2D eigenvalue weighted by molar-refractivity contribution is 6.30. The van der Waals surface area contributed by atoms with E-state index >= 15 is 0 Å². The Kier molecular flexibility index (Phi) is 3.39. The van der Waals surface area contributed by atoms with Gasteiger partial charge in [-0.2, -0.15) is 0 Å². The van der Waals surface area contributed by atoms with Crippen LogP contribution in [0, 0.1) is 0 Å². The van der Waals surface area contributed by atoms with Crippen molar-refractivity contribution in [3.8, 4) is 11.1 Å². The number of hydrogen-bond acceptors (Lipinski definition) is 1. The topological polar surface area (TPSA) is 17.1 Å². The van der Waals surface area contributed by atoms with Crippen LogP contribution < -0.4 is 0 Å². The summed E-state index contributed by atoms with van der Waals surface area (Å²) in [7, 11) is 0. The van der Waals surface area contributed by atoms with Crippen LogP contribution in [-0.2, 0) is 11.2 Å². The molecule has 2 heteroatoms. The second-order valence-electron chi connectivity index (χ2n) is 5.06. The van der Waals surface area contributed by atoms with Gasteiger partial charge in [0.05, 0.1) is 0 Å². The van der Waals surface area contributed by atoms with E-state index in [-0.39, 0.29) is 5.92 Å². The normalized spacial score (nSPS) is 17.8. The molecule has 0 saturated carbocycles. The van der Waals surface area contributed by atoms with Crippen LogP contribution in [0.1, 0.15) is 29.9 Å². The Morgan fingerprint density at radius 3 is 2.53 bits per heavy atom. The molecular weight excluding hydrogens is 256 g/mol. The lowest BCUT2D eigenvalue weighted by atomic mass is 9.82. The highest BCUT2D eigenvalue weighted by Gasteiger charge is 2.19. The first-order valence-electron chi connectivity index (χ1n) is 6.62. The van der Waals surface area contributed by atoms with Crippen LogP contribution in [-0.4, -0.2) is 6.29 Å². The molecule has 1 atom stereocenters. The number of halogens is 1. The molecule has 0 saturated heterocycles. The van der Waals surface area contributed by atoms with E-state index < -0.39 is 0 Å². The Bertz CT molecular complexity index is 601. The van der Waals surface area contributed by atoms with E-state index in [0.717, 1.165) is 30.6 Å². The number of aryl methyl sites for hydroxylation is 1. The highest BCUT2D eigenvalue weighted by Crippen LogP contribution is 2.33. The predicted octanol–water partition coefficient (Wildman–Crippen LogP) is 4.63. The third-order valence-corrected chi connectivity index (χ3v) is 4.10. The predicted molar refractivity (Wildman–Crippen MR) is 78.6 cm³/mol. The number of hydrogen-bond donors (Lipinski definition) is 0. The van der Waals surface area contributed by atoms with Crippen LogP contribution in [0.3, 0.4) is 0 Å². The van der Waals surface area contributed by atoms with Gasteiger partial charge in [-0.1, -0.05) is 41.9 Å². The maximum absolute atomic E-state index is 11.1. The van der Waals surface area contributed by atoms with Crippen molar-refractivity contribution in [1.82, 2.24) is 0 Å². The van der Waals surface area contributed by atoms with Crippen molar-refractivity contribution >= 4 is 17.9 Å². The van der Waals surface area contributed by atoms with E-state index in [1.165, 1.54) is 22.3 Å². The molecule has 1 aliphatic carbocycles. The van der Waals surface area contributed by atoms with Gasteiger partial charge >= 0.3 is 0 Å². The van der Waals surface area contributed by atoms with Crippen LogP contribution in [0.5, 0.6) is 0 Å². The molecule has 0 fully saturated rings. The molecule has 0 aromatic heterocycles. The van der Waals surface area contributed by atoms with Gasteiger partial charge in [0.1, 0.15) is 6.29 Å². The SMILES string of the molecule is O=CC1CCCc2cc(-c3ccc(Cl)cc3)ccc21. The van der Waals surface area contributed by atoms with E-state index in [4.69, 9.17) is 11.6 Å². The number of benzene rings is 2. The fourth-order valence-corrected chi connectivity index (χ4v) is 2.94. The van der Waals surface area contributed by atoms with Crippen molar-refractivity contribution in [3.63, 3.8) is 0 Å². The lowest BCUT2D eigenvalue weighted by Crippen LogP contribution is -2.10. The Hall–Kier alpha value is -1.60. The number of fused-ring (bicyclic) bond motifs is 1. The third-order valence-electron chi connectivity index (χ3n) is 3.85. The fourth-order valence-electron chi connectivity index (χ4n) is 2.82. The molecule has 3 rings (SSSR count). The van der Waals surface area contributed by atoms with Gasteiger partial charge in [-0.3, -0.25) is 0 Å². The summed E-state index contributed by atoms with van der Waals surface area (Å²) < 4.78 is 0. The first-order valence-corrected chi connectivity index (χ1v) is 7.00. The van der Waals surface area contributed by atoms with Gasteiger partial charge in [0.2, 0.25) is 0 Å². The molecule has 0 N–H and O–H groups in total. The van der Waals surface area contributed by atoms with Crippen molar-refractivity contribution in [2.45, 2.75) is 25.2 Å². The van der Waals surface area contributed by atoms with Crippen molar-refractivity contribution in [2.75, 3.05) is 0 Å². The summed E-state index contributed by atoms with van der Waals surface area (Å²) in [5.41, 5.74) is 4.89. The summed E-state index contributed by atoms with van der Waals surface area (Å²) in [5, 5.41) is 0.753. The van der Waals surface area contributed by atoms with Gasteiger partial charge in [0.25, 0.3) is 0 Å². The van der Waals surface area contributed by atoms with E-state index in [2.05, 4.69) is 18.2 Å². The molecule has 1 aliphatic rings. The summed E-state index contributed by atoms with van der Waals surface area (Å²) in [5.74, 6) is 0.0861. The second-order valence-corrected chi connectivity index (χ2v) is 5.49. The molecule has 1 unspecified atom stereocenters. The van der Waals surface area contributed by atoms with Crippen molar-refractivity contribution in [1.29, 1.82) is 0 Å². The lowest BCUT2D eigenvalue weighted by Gasteiger charge is -2.22. The summed E-state index contributed by atoms with van der Waals surface area (Å²) in [6.07, 6.45) is 4.23. The summed E-state index contributed by atoms with van der Waals surface area (Å²) >= 11 is 5.91. The monoisotopic (exact) mass is 270 g/mol. The molecule has 2 aromatic carbocycles. The molecular formula is C17H15ClO. The molecule has 19 heavy (non-hydrogen) atoms. The number of rotatable bonds is 2. The van der Waals surface area contributed by atoms with E-state index in [1.54, 1.807) is 0 Å². The van der Waals surface area contributed by atoms with Gasteiger partial charge in [-0.15, -0.1) is 0 Å². The minimum Gasteiger partial charge on any atom is -0.303 e. The molecule has 96 valence electrons. The summed E-state index contributed by atoms with van der Waals surface area (Å²) in [6, 6.07) is 14.3. The Morgan fingerprint density at radius 1 is 1.05 bits per heavy atom. The van der Waals surface area contributed by atoms with Crippen molar-refractivity contribution in [2.24, 2.45) is 0 Å². The molecule has 0 spiro atoms. The maximum Gasteiger partial charge on any atom is 0.127 e. The Labute approximate surface area is 118 Å². The zero-order valence-electron chi connectivity index (χ0n) is 10.6. The summed E-state index contributed by atoms with van der Waals surface area (Å²) in [4.78, 5) is 11.1. The largest absolute Gasteiger partial charge is 0.303 e. The van der Waals surface area contributed by atoms with Crippen LogP contribution in [0.15, 0.2) is 42.5 Å². The standard InChI is InChI=1S/C17H15ClO/c18-16-7-4-12(5-8-16)13-6-9-17-14(10-13)2-1-3-15(17)11-19/h4-11,15H,1-3H2. The van der Waals surface area contributed by atoms with E-state index in [0.29, 0.717) is 0 Å². The van der Waals surface area contributed by atoms with Crippen LogP contribution in [0.4, 0.5) is 0 Å². The van der Waals surface area contributed by atoms with Crippen LogP contribution >= 0.6 is 11.6 Å². The number of carbonyl (C=O) groups is 1. The minimum atomic E-state index is 0.0861. The van der Waals surface area contributed by atoms with E-state index in [9.17, 15) is 4.79 Å². The van der Waals surface area contributed by atoms with Gasteiger partial charge in [-0.05, 0) is 53.6 Å². The average molecular weight is 271 g/mol. The van der Waals surface area contributed by atoms with E-state index in [1.807, 2.05) is 24.3 Å². The zero-order valence-corrected chi connectivity index (χ0v) is 11.4. The molecule has 0 radical (unpaired) electrons. The smallest absolute Gasteiger partial charge is 0.127 e. The van der Waals surface area contributed by atoms with Crippen molar-refractivity contribution in [3.05, 3.63) is 58.6 Å². The fraction of sp³-hybridized carbons (Fsp3) is 0.235. The zero-order chi connectivity index (χ0) is 13.2. The van der Waals surface area contributed by atoms with Crippen LogP contribution in [0.2, 0.25) is 5.02 Å². The van der Waals surface area contributed by atoms with Gasteiger partial charge in [-0.25, -0.2) is 0 Å². The first-order chi connectivity index (χ1) is 9.28. The molecule has 2 aromatic rings. The molecule has 0 bridgehead atoms. The lowest BCUT2D eigenvalue weighted by molar-refractivity contribution is -0.109. The quantitative estimate of drug-likeness (QED) is 0.728. The molecule has 0 aliphatic heterocycles. The number of aldehydes is 1. The van der Waals surface area contributed by atoms with Crippen molar-refractivity contribution < 1.29 is 4.79 Å². The average Bonchev–Trinajstić information content (AvgIpc) is 2.47. The second kappa shape index (κ2) is 5.18. The van der Waals surface area contributed by atoms with Gasteiger partial charge in [0, 0.05) is 10.9 Å². The summed E-state index contributed by atoms with van der Waals surface area (Å²) in [6.45, 7) is 0. The Morgan fingerprint density at radius 2 is 1.79 bits per heavy atom. The van der Waals surface area contributed by atoms with Gasteiger partial charge in [0.15, 0.2) is 0 Å². The molecule has 0 amide bonds. The molecule has 1 nitrogen and oxygen atoms in total. The number of carbonyl (C=O) groups excluding carboxylic acids is 1. The third kappa shape index (κ3) is 2.43. The minimum absolute atomic E-state index is 0.0861. The highest BCUT2D eigenvalue weighted by atomic mass is 35.5. The maximum atomic E-state index is 11.1. The first kappa shape index (κ1) is 12.4. The van der Waals surface area contributed by atoms with Crippen LogP contribution in [0.25, 0.3) is 11.1 Å². The molecule has 0 heterocycles.